The minimum atomic E-state index is -0.676. The molecule has 5 heteroatoms. The fourth-order valence-electron chi connectivity index (χ4n) is 1.99. The Morgan fingerprint density at radius 2 is 1.53 bits per heavy atom. The van der Waals surface area contributed by atoms with Crippen molar-refractivity contribution < 1.29 is 13.5 Å². The molecule has 3 nitrogen and oxygen atoms in total. The third-order valence-electron chi connectivity index (χ3n) is 2.80. The lowest BCUT2D eigenvalue weighted by Gasteiger charge is -2.12. The smallest absolute Gasteiger partial charge is 0.137 e. The average molecular weight is 264 g/mol. The van der Waals surface area contributed by atoms with Gasteiger partial charge in [0.15, 0.2) is 0 Å². The lowest BCUT2D eigenvalue weighted by molar-refractivity contribution is 0.336. The SMILES string of the molecule is CCOc1cc(F)c(-c2c(C)ncnc2C)c(F)c1. The molecule has 100 valence electrons. The molecule has 0 unspecified atom stereocenters. The average Bonchev–Trinajstić information content (AvgIpc) is 2.32. The van der Waals surface area contributed by atoms with Crippen molar-refractivity contribution in [2.24, 2.45) is 0 Å². The fraction of sp³-hybridized carbons (Fsp3) is 0.286. The minimum Gasteiger partial charge on any atom is -0.494 e. The highest BCUT2D eigenvalue weighted by Gasteiger charge is 2.18. The second kappa shape index (κ2) is 5.30. The molecule has 0 saturated carbocycles. The summed E-state index contributed by atoms with van der Waals surface area (Å²) in [4.78, 5) is 7.96. The molecule has 0 N–H and O–H groups in total. The van der Waals surface area contributed by atoms with Gasteiger partial charge < -0.3 is 4.74 Å². The molecule has 0 aliphatic carbocycles. The van der Waals surface area contributed by atoms with Gasteiger partial charge in [0.25, 0.3) is 0 Å². The number of rotatable bonds is 3. The van der Waals surface area contributed by atoms with Crippen molar-refractivity contribution in [1.82, 2.24) is 9.97 Å². The quantitative estimate of drug-likeness (QED) is 0.851. The van der Waals surface area contributed by atoms with Gasteiger partial charge in [-0.2, -0.15) is 0 Å². The van der Waals surface area contributed by atoms with Gasteiger partial charge in [0.1, 0.15) is 23.7 Å². The van der Waals surface area contributed by atoms with E-state index in [1.54, 1.807) is 20.8 Å². The van der Waals surface area contributed by atoms with Crippen LogP contribution in [-0.4, -0.2) is 16.6 Å². The first kappa shape index (κ1) is 13.4. The van der Waals surface area contributed by atoms with Crippen LogP contribution in [0.2, 0.25) is 0 Å². The van der Waals surface area contributed by atoms with E-state index >= 15 is 0 Å². The third-order valence-corrected chi connectivity index (χ3v) is 2.80. The van der Waals surface area contributed by atoms with E-state index in [1.807, 2.05) is 0 Å². The predicted octanol–water partition coefficient (Wildman–Crippen LogP) is 3.44. The van der Waals surface area contributed by atoms with E-state index in [0.717, 1.165) is 0 Å². The number of aryl methyl sites for hydroxylation is 2. The van der Waals surface area contributed by atoms with Crippen LogP contribution in [0.4, 0.5) is 8.78 Å². The summed E-state index contributed by atoms with van der Waals surface area (Å²) < 4.78 is 33.3. The molecule has 0 radical (unpaired) electrons. The van der Waals surface area contributed by atoms with Gasteiger partial charge in [-0.1, -0.05) is 0 Å². The van der Waals surface area contributed by atoms with Crippen molar-refractivity contribution in [1.29, 1.82) is 0 Å². The number of hydrogen-bond acceptors (Lipinski definition) is 3. The van der Waals surface area contributed by atoms with Crippen LogP contribution in [0.1, 0.15) is 18.3 Å². The van der Waals surface area contributed by atoms with Crippen molar-refractivity contribution in [3.05, 3.63) is 41.5 Å². The minimum absolute atomic E-state index is 0.112. The van der Waals surface area contributed by atoms with Crippen LogP contribution in [0.3, 0.4) is 0 Å². The second-order valence-electron chi connectivity index (χ2n) is 4.11. The van der Waals surface area contributed by atoms with Crippen molar-refractivity contribution in [3.63, 3.8) is 0 Å². The summed E-state index contributed by atoms with van der Waals surface area (Å²) in [5, 5.41) is 0. The monoisotopic (exact) mass is 264 g/mol. The number of hydrogen-bond donors (Lipinski definition) is 0. The molecule has 0 bridgehead atoms. The number of ether oxygens (including phenoxy) is 1. The highest BCUT2D eigenvalue weighted by molar-refractivity contribution is 5.69. The summed E-state index contributed by atoms with van der Waals surface area (Å²) in [6.07, 6.45) is 1.37. The zero-order chi connectivity index (χ0) is 14.0. The summed E-state index contributed by atoms with van der Waals surface area (Å²) >= 11 is 0. The van der Waals surface area contributed by atoms with E-state index in [9.17, 15) is 8.78 Å². The van der Waals surface area contributed by atoms with Gasteiger partial charge in [-0.3, -0.25) is 0 Å². The Kier molecular flexibility index (Phi) is 3.74. The molecule has 1 aromatic heterocycles. The summed E-state index contributed by atoms with van der Waals surface area (Å²) in [6, 6.07) is 2.35. The zero-order valence-corrected chi connectivity index (χ0v) is 11.0. The molecule has 1 aromatic carbocycles. The molecule has 2 aromatic rings. The van der Waals surface area contributed by atoms with E-state index in [-0.39, 0.29) is 11.3 Å². The Labute approximate surface area is 110 Å². The molecule has 2 rings (SSSR count). The van der Waals surface area contributed by atoms with Crippen LogP contribution in [0.5, 0.6) is 5.75 Å². The van der Waals surface area contributed by atoms with E-state index in [4.69, 9.17) is 4.74 Å². The van der Waals surface area contributed by atoms with Crippen molar-refractivity contribution in [2.75, 3.05) is 6.61 Å². The topological polar surface area (TPSA) is 35.0 Å². The van der Waals surface area contributed by atoms with Crippen molar-refractivity contribution >= 4 is 0 Å². The fourth-order valence-corrected chi connectivity index (χ4v) is 1.99. The van der Waals surface area contributed by atoms with Crippen molar-refractivity contribution in [2.45, 2.75) is 20.8 Å². The van der Waals surface area contributed by atoms with Gasteiger partial charge >= 0.3 is 0 Å². The van der Waals surface area contributed by atoms with Gasteiger partial charge in [0.2, 0.25) is 0 Å². The van der Waals surface area contributed by atoms with Crippen LogP contribution < -0.4 is 4.74 Å². The molecule has 19 heavy (non-hydrogen) atoms. The molecule has 0 spiro atoms. The molecular formula is C14H14F2N2O. The number of halogens is 2. The molecule has 0 amide bonds. The summed E-state index contributed by atoms with van der Waals surface area (Å²) in [5.74, 6) is -1.18. The highest BCUT2D eigenvalue weighted by atomic mass is 19.1. The maximum absolute atomic E-state index is 14.1. The Morgan fingerprint density at radius 1 is 1.00 bits per heavy atom. The van der Waals surface area contributed by atoms with E-state index in [1.165, 1.54) is 18.5 Å². The predicted molar refractivity (Wildman–Crippen MR) is 68.0 cm³/mol. The molecule has 0 aliphatic rings. The van der Waals surface area contributed by atoms with Gasteiger partial charge in [-0.25, -0.2) is 18.7 Å². The van der Waals surface area contributed by atoms with Gasteiger partial charge in [-0.05, 0) is 20.8 Å². The van der Waals surface area contributed by atoms with Crippen LogP contribution >= 0.6 is 0 Å². The Balaban J connectivity index is 2.63. The Hall–Kier alpha value is -2.04. The van der Waals surface area contributed by atoms with Crippen molar-refractivity contribution in [3.8, 4) is 16.9 Å². The lowest BCUT2D eigenvalue weighted by atomic mass is 10.0. The third kappa shape index (κ3) is 2.54. The van der Waals surface area contributed by atoms with E-state index in [2.05, 4.69) is 9.97 Å². The maximum atomic E-state index is 14.1. The molecular weight excluding hydrogens is 250 g/mol. The second-order valence-corrected chi connectivity index (χ2v) is 4.11. The van der Waals surface area contributed by atoms with Crippen LogP contribution in [0, 0.1) is 25.5 Å². The Morgan fingerprint density at radius 3 is 2.00 bits per heavy atom. The van der Waals surface area contributed by atoms with Crippen LogP contribution in [-0.2, 0) is 0 Å². The summed E-state index contributed by atoms with van der Waals surface area (Å²) in [6.45, 7) is 5.49. The normalized spacial score (nSPS) is 10.6. The Bertz CT molecular complexity index is 571. The van der Waals surface area contributed by atoms with Gasteiger partial charge in [0.05, 0.1) is 12.2 Å². The lowest BCUT2D eigenvalue weighted by Crippen LogP contribution is -2.01. The summed E-state index contributed by atoms with van der Waals surface area (Å²) in [7, 11) is 0. The largest absolute Gasteiger partial charge is 0.494 e. The van der Waals surface area contributed by atoms with Gasteiger partial charge in [-0.15, -0.1) is 0 Å². The number of aromatic nitrogens is 2. The molecule has 1 heterocycles. The molecule has 0 aliphatic heterocycles. The molecule has 0 fully saturated rings. The standard InChI is InChI=1S/C14H14F2N2O/c1-4-19-10-5-11(15)14(12(16)6-10)13-8(2)17-7-18-9(13)3/h5-7H,4H2,1-3H3. The first-order valence-corrected chi connectivity index (χ1v) is 5.95. The van der Waals surface area contributed by atoms with E-state index in [0.29, 0.717) is 23.6 Å². The van der Waals surface area contributed by atoms with Gasteiger partial charge in [0, 0.05) is 29.1 Å². The maximum Gasteiger partial charge on any atom is 0.137 e. The first-order chi connectivity index (χ1) is 9.04. The van der Waals surface area contributed by atoms with E-state index < -0.39 is 11.6 Å². The summed E-state index contributed by atoms with van der Waals surface area (Å²) in [5.41, 5.74) is 1.35. The zero-order valence-electron chi connectivity index (χ0n) is 11.0. The number of nitrogens with zero attached hydrogens (tertiary/aromatic N) is 2. The first-order valence-electron chi connectivity index (χ1n) is 5.95. The van der Waals surface area contributed by atoms with Crippen LogP contribution in [0.25, 0.3) is 11.1 Å². The number of benzene rings is 1. The van der Waals surface area contributed by atoms with Crippen LogP contribution in [0.15, 0.2) is 18.5 Å². The highest BCUT2D eigenvalue weighted by Crippen LogP contribution is 2.32. The molecule has 0 atom stereocenters. The molecule has 0 saturated heterocycles.